The van der Waals surface area contributed by atoms with Crippen molar-refractivity contribution >= 4 is 10.0 Å². The molecule has 1 unspecified atom stereocenters. The van der Waals surface area contributed by atoms with E-state index in [2.05, 4.69) is 19.9 Å². The maximum atomic E-state index is 12.5. The van der Waals surface area contributed by atoms with E-state index in [1.807, 2.05) is 27.7 Å². The lowest BCUT2D eigenvalue weighted by atomic mass is 10.1. The molecule has 122 valence electrons. The summed E-state index contributed by atoms with van der Waals surface area (Å²) in [6, 6.07) is -0.160. The van der Waals surface area contributed by atoms with Crippen LogP contribution in [-0.4, -0.2) is 39.0 Å². The number of aromatic nitrogens is 5. The van der Waals surface area contributed by atoms with E-state index >= 15 is 0 Å². The SMILES string of the molecule is CC(C)C(Cn1nccn1)NS(=O)(=O)c1cn(C(C)C)cn1. The van der Waals surface area contributed by atoms with Crippen LogP contribution in [0.4, 0.5) is 0 Å². The molecule has 0 aliphatic rings. The Labute approximate surface area is 130 Å². The smallest absolute Gasteiger partial charge is 0.259 e. The first-order valence-electron chi connectivity index (χ1n) is 7.19. The van der Waals surface area contributed by atoms with Crippen molar-refractivity contribution in [2.24, 2.45) is 5.92 Å². The van der Waals surface area contributed by atoms with Gasteiger partial charge in [-0.3, -0.25) is 0 Å². The lowest BCUT2D eigenvalue weighted by Gasteiger charge is -2.21. The van der Waals surface area contributed by atoms with E-state index in [-0.39, 0.29) is 23.0 Å². The first kappa shape index (κ1) is 16.6. The van der Waals surface area contributed by atoms with Crippen molar-refractivity contribution in [2.45, 2.75) is 51.3 Å². The van der Waals surface area contributed by atoms with E-state index in [0.29, 0.717) is 6.54 Å². The summed E-state index contributed by atoms with van der Waals surface area (Å²) in [6.07, 6.45) is 6.20. The minimum Gasteiger partial charge on any atom is -0.334 e. The molecule has 1 atom stereocenters. The van der Waals surface area contributed by atoms with Gasteiger partial charge in [0.2, 0.25) is 0 Å². The van der Waals surface area contributed by atoms with Gasteiger partial charge in [-0.2, -0.15) is 15.0 Å². The number of imidazole rings is 1. The Balaban J connectivity index is 2.16. The first-order chi connectivity index (χ1) is 10.3. The number of hydrogen-bond donors (Lipinski definition) is 1. The first-order valence-corrected chi connectivity index (χ1v) is 8.68. The Morgan fingerprint density at radius 2 is 1.82 bits per heavy atom. The van der Waals surface area contributed by atoms with Gasteiger partial charge in [-0.1, -0.05) is 13.8 Å². The lowest BCUT2D eigenvalue weighted by Crippen LogP contribution is -2.42. The van der Waals surface area contributed by atoms with Gasteiger partial charge in [-0.05, 0) is 19.8 Å². The molecule has 0 bridgehead atoms. The largest absolute Gasteiger partial charge is 0.334 e. The van der Waals surface area contributed by atoms with Crippen molar-refractivity contribution in [3.63, 3.8) is 0 Å². The number of nitrogens with one attached hydrogen (secondary N) is 1. The Morgan fingerprint density at radius 1 is 1.18 bits per heavy atom. The van der Waals surface area contributed by atoms with Crippen LogP contribution in [0.3, 0.4) is 0 Å². The van der Waals surface area contributed by atoms with Gasteiger partial charge in [0.15, 0.2) is 5.03 Å². The minimum atomic E-state index is -3.67. The van der Waals surface area contributed by atoms with Crippen molar-refractivity contribution in [3.05, 3.63) is 24.9 Å². The highest BCUT2D eigenvalue weighted by molar-refractivity contribution is 7.89. The van der Waals surface area contributed by atoms with Gasteiger partial charge in [0, 0.05) is 18.3 Å². The fourth-order valence-corrected chi connectivity index (χ4v) is 3.21. The lowest BCUT2D eigenvalue weighted by molar-refractivity contribution is 0.361. The van der Waals surface area contributed by atoms with Crippen molar-refractivity contribution in [3.8, 4) is 0 Å². The van der Waals surface area contributed by atoms with Crippen LogP contribution in [0.15, 0.2) is 29.9 Å². The van der Waals surface area contributed by atoms with Crippen molar-refractivity contribution in [2.75, 3.05) is 0 Å². The van der Waals surface area contributed by atoms with Crippen molar-refractivity contribution in [1.82, 2.24) is 29.3 Å². The molecule has 2 aromatic heterocycles. The molecular weight excluding hydrogens is 304 g/mol. The molecule has 2 aromatic rings. The topological polar surface area (TPSA) is 94.7 Å². The summed E-state index contributed by atoms with van der Waals surface area (Å²) in [5, 5.41) is 8.07. The number of rotatable bonds is 7. The number of nitrogens with zero attached hydrogens (tertiary/aromatic N) is 5. The molecule has 1 N–H and O–H groups in total. The molecule has 22 heavy (non-hydrogen) atoms. The monoisotopic (exact) mass is 326 g/mol. The van der Waals surface area contributed by atoms with Gasteiger partial charge >= 0.3 is 0 Å². The van der Waals surface area contributed by atoms with Crippen molar-refractivity contribution < 1.29 is 8.42 Å². The second-order valence-corrected chi connectivity index (χ2v) is 7.47. The van der Waals surface area contributed by atoms with Crippen LogP contribution < -0.4 is 4.72 Å². The summed E-state index contributed by atoms with van der Waals surface area (Å²) in [6.45, 7) is 8.19. The molecular formula is C13H22N6O2S. The Bertz CT molecular complexity index is 690. The fourth-order valence-electron chi connectivity index (χ4n) is 1.90. The Morgan fingerprint density at radius 3 is 2.32 bits per heavy atom. The van der Waals surface area contributed by atoms with Gasteiger partial charge in [-0.15, -0.1) is 0 Å². The van der Waals surface area contributed by atoms with Crippen molar-refractivity contribution in [1.29, 1.82) is 0 Å². The Hall–Kier alpha value is -1.74. The highest BCUT2D eigenvalue weighted by atomic mass is 32.2. The molecule has 0 spiro atoms. The van der Waals surface area contributed by atoms with E-state index < -0.39 is 10.0 Å². The van der Waals surface area contributed by atoms with Gasteiger partial charge in [0.25, 0.3) is 10.0 Å². The number of sulfonamides is 1. The summed E-state index contributed by atoms with van der Waals surface area (Å²) in [7, 11) is -3.67. The minimum absolute atomic E-state index is 0.0280. The zero-order chi connectivity index (χ0) is 16.3. The van der Waals surface area contributed by atoms with Crippen LogP contribution in [0.2, 0.25) is 0 Å². The summed E-state index contributed by atoms with van der Waals surface area (Å²) in [4.78, 5) is 5.47. The second-order valence-electron chi connectivity index (χ2n) is 5.81. The van der Waals surface area contributed by atoms with E-state index in [0.717, 1.165) is 0 Å². The van der Waals surface area contributed by atoms with Crippen LogP contribution in [0.5, 0.6) is 0 Å². The highest BCUT2D eigenvalue weighted by Crippen LogP contribution is 2.13. The predicted octanol–water partition coefficient (Wildman–Crippen LogP) is 1.06. The molecule has 0 aliphatic heterocycles. The van der Waals surface area contributed by atoms with Crippen LogP contribution in [0.25, 0.3) is 0 Å². The quantitative estimate of drug-likeness (QED) is 0.821. The third kappa shape index (κ3) is 3.92. The molecule has 2 rings (SSSR count). The molecule has 8 nitrogen and oxygen atoms in total. The van der Waals surface area contributed by atoms with Crippen LogP contribution in [0, 0.1) is 5.92 Å². The number of hydrogen-bond acceptors (Lipinski definition) is 5. The zero-order valence-electron chi connectivity index (χ0n) is 13.2. The maximum Gasteiger partial charge on any atom is 0.259 e. The zero-order valence-corrected chi connectivity index (χ0v) is 14.0. The van der Waals surface area contributed by atoms with Crippen LogP contribution in [0.1, 0.15) is 33.7 Å². The Kier molecular flexibility index (Phi) is 4.97. The van der Waals surface area contributed by atoms with Gasteiger partial charge < -0.3 is 4.57 Å². The fraction of sp³-hybridized carbons (Fsp3) is 0.615. The molecule has 0 radical (unpaired) electrons. The predicted molar refractivity (Wildman–Crippen MR) is 81.6 cm³/mol. The third-order valence-corrected chi connectivity index (χ3v) is 4.76. The molecule has 0 saturated heterocycles. The molecule has 2 heterocycles. The van der Waals surface area contributed by atoms with Gasteiger partial charge in [0.05, 0.1) is 25.3 Å². The molecule has 0 fully saturated rings. The third-order valence-electron chi connectivity index (χ3n) is 3.39. The summed E-state index contributed by atoms with van der Waals surface area (Å²) >= 11 is 0. The van der Waals surface area contributed by atoms with Crippen LogP contribution >= 0.6 is 0 Å². The van der Waals surface area contributed by atoms with Gasteiger partial charge in [0.1, 0.15) is 0 Å². The highest BCUT2D eigenvalue weighted by Gasteiger charge is 2.25. The molecule has 0 saturated carbocycles. The molecule has 0 aliphatic carbocycles. The average Bonchev–Trinajstić information content (AvgIpc) is 3.08. The standard InChI is InChI=1S/C13H22N6O2S/c1-10(2)12(7-19-15-5-6-16-19)17-22(20,21)13-8-18(9-14-13)11(3)4/h5-6,8-12,17H,7H2,1-4H3. The van der Waals surface area contributed by atoms with Crippen LogP contribution in [-0.2, 0) is 16.6 Å². The second kappa shape index (κ2) is 6.57. The average molecular weight is 326 g/mol. The molecule has 0 aromatic carbocycles. The maximum absolute atomic E-state index is 12.5. The summed E-state index contributed by atoms with van der Waals surface area (Å²) in [5.41, 5.74) is 0. The molecule has 9 heteroatoms. The van der Waals surface area contributed by atoms with E-state index in [4.69, 9.17) is 0 Å². The molecule has 0 amide bonds. The van der Waals surface area contributed by atoms with E-state index in [1.165, 1.54) is 17.3 Å². The van der Waals surface area contributed by atoms with E-state index in [9.17, 15) is 8.42 Å². The normalized spacial score (nSPS) is 13.9. The van der Waals surface area contributed by atoms with Gasteiger partial charge in [-0.25, -0.2) is 18.1 Å². The summed E-state index contributed by atoms with van der Waals surface area (Å²) < 4.78 is 29.4. The summed E-state index contributed by atoms with van der Waals surface area (Å²) in [5.74, 6) is 0.0907. The van der Waals surface area contributed by atoms with E-state index in [1.54, 1.807) is 17.0 Å².